The Bertz CT molecular complexity index is 1230. The Balaban J connectivity index is 2.37. The van der Waals surface area contributed by atoms with Gasteiger partial charge in [-0.3, -0.25) is 24.0 Å². The van der Waals surface area contributed by atoms with Crippen LogP contribution < -0.4 is 37.6 Å². The van der Waals surface area contributed by atoms with Gasteiger partial charge in [0.25, 0.3) is 0 Å². The van der Waals surface area contributed by atoms with Gasteiger partial charge < -0.3 is 37.6 Å². The van der Waals surface area contributed by atoms with E-state index in [-0.39, 0.29) is 38.8 Å². The van der Waals surface area contributed by atoms with Crippen LogP contribution in [0.25, 0.3) is 0 Å². The highest BCUT2D eigenvalue weighted by Gasteiger charge is 2.39. The Morgan fingerprint density at radius 1 is 1.04 bits per heavy atom. The maximum absolute atomic E-state index is 13.7. The summed E-state index contributed by atoms with van der Waals surface area (Å²) in [5, 5.41) is 15.9. The molecule has 1 fully saturated rings. The lowest BCUT2D eigenvalue weighted by molar-refractivity contribution is -0.138. The van der Waals surface area contributed by atoms with Crippen LogP contribution in [0, 0.1) is 5.92 Å². The van der Waals surface area contributed by atoms with Crippen LogP contribution in [0.2, 0.25) is 0 Å². The molecule has 0 aromatic heterocycles. The number of guanidine groups is 1. The van der Waals surface area contributed by atoms with Crippen LogP contribution in [0.5, 0.6) is 0 Å². The number of alkyl halides is 3. The van der Waals surface area contributed by atoms with Crippen LogP contribution in [-0.4, -0.2) is 78.9 Å². The van der Waals surface area contributed by atoms with Crippen molar-refractivity contribution in [3.8, 4) is 0 Å². The molecule has 8 N–H and O–H groups in total. The number of nitrogens with two attached hydrogens (primary N) is 1. The van der Waals surface area contributed by atoms with Crippen molar-refractivity contribution in [2.24, 2.45) is 16.6 Å². The van der Waals surface area contributed by atoms with Gasteiger partial charge in [-0.2, -0.15) is 13.2 Å². The molecule has 0 radical (unpaired) electrons. The highest BCUT2D eigenvalue weighted by Crippen LogP contribution is 2.17. The van der Waals surface area contributed by atoms with Gasteiger partial charge in [-0.15, -0.1) is 0 Å². The second-order valence-corrected chi connectivity index (χ2v) is 11.3. The van der Waals surface area contributed by atoms with Gasteiger partial charge in [-0.25, -0.2) is 4.99 Å². The zero-order chi connectivity index (χ0) is 33.8. The van der Waals surface area contributed by atoms with Crippen molar-refractivity contribution < 1.29 is 37.1 Å². The van der Waals surface area contributed by atoms with Crippen LogP contribution in [-0.2, 0) is 24.0 Å². The number of carbonyl (C=O) groups excluding carboxylic acids is 5. The molecule has 0 spiro atoms. The van der Waals surface area contributed by atoms with Crippen molar-refractivity contribution in [1.82, 2.24) is 31.9 Å². The first-order valence-electron chi connectivity index (χ1n) is 14.7. The normalized spacial score (nSPS) is 24.1. The maximum Gasteiger partial charge on any atom is 0.408 e. The number of hydrogen-bond acceptors (Lipinski definition) is 6. The highest BCUT2D eigenvalue weighted by atomic mass is 19.4. The number of nitrogens with one attached hydrogen (secondary N) is 6. The Morgan fingerprint density at radius 3 is 2.29 bits per heavy atom. The Hall–Kier alpha value is -4.37. The van der Waals surface area contributed by atoms with Gasteiger partial charge in [-0.05, 0) is 38.2 Å². The molecule has 0 unspecified atom stereocenters. The summed E-state index contributed by atoms with van der Waals surface area (Å²) in [6.45, 7) is 4.93. The first-order valence-corrected chi connectivity index (χ1v) is 14.7. The van der Waals surface area contributed by atoms with Crippen molar-refractivity contribution in [3.05, 3.63) is 35.9 Å². The fraction of sp³-hybridized carbons (Fsp3) is 0.586. The summed E-state index contributed by atoms with van der Waals surface area (Å²) in [4.78, 5) is 69.6. The fourth-order valence-corrected chi connectivity index (χ4v) is 4.34. The zero-order valence-electron chi connectivity index (χ0n) is 25.8. The van der Waals surface area contributed by atoms with E-state index in [9.17, 15) is 37.1 Å². The highest BCUT2D eigenvalue weighted by molar-refractivity contribution is 5.97. The molecule has 4 atom stereocenters. The second kappa shape index (κ2) is 16.6. The molecular weight excluding hydrogens is 597 g/mol. The summed E-state index contributed by atoms with van der Waals surface area (Å²) in [6, 6.07) is 5.11. The van der Waals surface area contributed by atoms with E-state index in [2.05, 4.69) is 36.9 Å². The molecule has 0 aliphatic carbocycles. The Morgan fingerprint density at radius 2 is 1.69 bits per heavy atom. The van der Waals surface area contributed by atoms with E-state index in [1.54, 1.807) is 51.1 Å². The lowest BCUT2D eigenvalue weighted by Gasteiger charge is -2.33. The van der Waals surface area contributed by atoms with E-state index in [1.807, 2.05) is 0 Å². The molecule has 45 heavy (non-hydrogen) atoms. The molecule has 1 aromatic rings. The molecule has 16 heteroatoms. The monoisotopic (exact) mass is 640 g/mol. The summed E-state index contributed by atoms with van der Waals surface area (Å²) in [5.41, 5.74) is 4.43. The standard InChI is InChI=1S/C29H43F3N8O5/c1-5-19-23(42)39-21(18-10-7-6-8-11-18)25(44)34-15-13-28(4,40-22(41)17(2)3)26(45)38-20(24(43)37-19)12-9-14-35-27(33)36-16-29(30,31)32/h6-8,10-11,17,19-21H,5,9,12-16H2,1-4H3,(H,34,44)(H,37,43)(H,38,45)(H,39,42)(H,40,41)(H3,33,35,36)/t19-,20-,21+,28+/m0/s1. The van der Waals surface area contributed by atoms with Gasteiger partial charge in [0, 0.05) is 19.0 Å². The molecule has 1 aromatic carbocycles. The van der Waals surface area contributed by atoms with Crippen LogP contribution in [0.15, 0.2) is 35.3 Å². The van der Waals surface area contributed by atoms with Gasteiger partial charge in [0.15, 0.2) is 5.96 Å². The van der Waals surface area contributed by atoms with E-state index in [0.29, 0.717) is 5.56 Å². The van der Waals surface area contributed by atoms with Gasteiger partial charge in [0.05, 0.1) is 0 Å². The van der Waals surface area contributed by atoms with Crippen molar-refractivity contribution in [2.75, 3.05) is 19.6 Å². The third-order valence-corrected chi connectivity index (χ3v) is 7.10. The summed E-state index contributed by atoms with van der Waals surface area (Å²) in [6.07, 6.45) is -4.28. The maximum atomic E-state index is 13.7. The van der Waals surface area contributed by atoms with Crippen molar-refractivity contribution in [2.45, 2.75) is 83.2 Å². The van der Waals surface area contributed by atoms with Crippen LogP contribution in [0.4, 0.5) is 13.2 Å². The van der Waals surface area contributed by atoms with Crippen LogP contribution >= 0.6 is 0 Å². The van der Waals surface area contributed by atoms with E-state index in [4.69, 9.17) is 5.73 Å². The third-order valence-electron chi connectivity index (χ3n) is 7.10. The lowest BCUT2D eigenvalue weighted by atomic mass is 9.94. The van der Waals surface area contributed by atoms with Gasteiger partial charge in [-0.1, -0.05) is 51.1 Å². The van der Waals surface area contributed by atoms with Crippen molar-refractivity contribution in [3.63, 3.8) is 0 Å². The smallest absolute Gasteiger partial charge is 0.370 e. The quantitative estimate of drug-likeness (QED) is 0.116. The molecule has 1 saturated heterocycles. The molecule has 1 aliphatic rings. The minimum Gasteiger partial charge on any atom is -0.370 e. The predicted octanol–water partition coefficient (Wildman–Crippen LogP) is 0.521. The van der Waals surface area contributed by atoms with Crippen molar-refractivity contribution >= 4 is 35.5 Å². The fourth-order valence-electron chi connectivity index (χ4n) is 4.34. The minimum atomic E-state index is -4.52. The summed E-state index contributed by atoms with van der Waals surface area (Å²) >= 11 is 0. The van der Waals surface area contributed by atoms with Crippen LogP contribution in [0.3, 0.4) is 0 Å². The van der Waals surface area contributed by atoms with E-state index < -0.39 is 77.8 Å². The zero-order valence-corrected chi connectivity index (χ0v) is 25.8. The number of aliphatic imine (C=N–C) groups is 1. The minimum absolute atomic E-state index is 0.00718. The van der Waals surface area contributed by atoms with Crippen LogP contribution in [0.1, 0.15) is 65.0 Å². The Kier molecular flexibility index (Phi) is 13.6. The van der Waals surface area contributed by atoms with Gasteiger partial charge in [0.2, 0.25) is 29.5 Å². The van der Waals surface area contributed by atoms with Crippen molar-refractivity contribution in [1.29, 1.82) is 0 Å². The summed E-state index contributed by atoms with van der Waals surface area (Å²) in [7, 11) is 0. The summed E-state index contributed by atoms with van der Waals surface area (Å²) in [5.74, 6) is -3.93. The van der Waals surface area contributed by atoms with Gasteiger partial charge >= 0.3 is 6.18 Å². The number of rotatable bonds is 9. The molecule has 0 bridgehead atoms. The number of carbonyl (C=O) groups is 5. The lowest BCUT2D eigenvalue weighted by Crippen LogP contribution is -2.63. The number of benzene rings is 1. The number of hydrogen-bond donors (Lipinski definition) is 7. The second-order valence-electron chi connectivity index (χ2n) is 11.3. The van der Waals surface area contributed by atoms with E-state index >= 15 is 0 Å². The molecule has 1 heterocycles. The third kappa shape index (κ3) is 11.9. The number of halogens is 3. The largest absolute Gasteiger partial charge is 0.408 e. The number of nitrogens with zero attached hydrogens (tertiary/aromatic N) is 1. The molecule has 250 valence electrons. The molecular formula is C29H43F3N8O5. The molecule has 0 saturated carbocycles. The molecule has 1 aliphatic heterocycles. The first kappa shape index (κ1) is 36.8. The number of amides is 5. The van der Waals surface area contributed by atoms with E-state index in [0.717, 1.165) is 0 Å². The summed E-state index contributed by atoms with van der Waals surface area (Å²) < 4.78 is 37.2. The first-order chi connectivity index (χ1) is 21.1. The van der Waals surface area contributed by atoms with Gasteiger partial charge in [0.1, 0.15) is 30.2 Å². The molecule has 2 rings (SSSR count). The molecule has 13 nitrogen and oxygen atoms in total. The predicted molar refractivity (Wildman–Crippen MR) is 160 cm³/mol. The molecule has 5 amide bonds. The Labute approximate surface area is 260 Å². The average molecular weight is 641 g/mol. The van der Waals surface area contributed by atoms with E-state index in [1.165, 1.54) is 6.92 Å². The SMILES string of the molecule is CC[C@@H]1NC(=O)[C@H](CCCN/C(N)=N/CC(F)(F)F)NC(=O)[C@](C)(NC(=O)C(C)C)CCNC(=O)[C@@H](c2ccccc2)NC1=O. The average Bonchev–Trinajstić information content (AvgIpc) is 2.98. The topological polar surface area (TPSA) is 196 Å².